The molecule has 106 valence electrons. The lowest BCUT2D eigenvalue weighted by atomic mass is 10.1. The molecule has 0 radical (unpaired) electrons. The Bertz CT molecular complexity index is 644. The van der Waals surface area contributed by atoms with Crippen LogP contribution < -0.4 is 5.32 Å². The molecule has 0 amide bonds. The minimum Gasteiger partial charge on any atom is -0.378 e. The summed E-state index contributed by atoms with van der Waals surface area (Å²) in [5, 5.41) is 3.30. The fraction of sp³-hybridized carbons (Fsp3) is 0.200. The van der Waals surface area contributed by atoms with E-state index in [1.807, 2.05) is 13.8 Å². The zero-order chi connectivity index (χ0) is 14.9. The highest BCUT2D eigenvalue weighted by Gasteiger charge is 2.11. The summed E-state index contributed by atoms with van der Waals surface area (Å²) < 4.78 is 27.5. The van der Waals surface area contributed by atoms with E-state index < -0.39 is 0 Å². The van der Waals surface area contributed by atoms with E-state index in [2.05, 4.69) is 37.2 Å². The maximum Gasteiger partial charge on any atom is 0.137 e. The molecule has 2 aromatic carbocycles. The van der Waals surface area contributed by atoms with Crippen LogP contribution in [-0.4, -0.2) is 0 Å². The highest BCUT2D eigenvalue weighted by atomic mass is 79.9. The van der Waals surface area contributed by atoms with Crippen molar-refractivity contribution in [3.63, 3.8) is 0 Å². The molecule has 5 heteroatoms. The van der Waals surface area contributed by atoms with Crippen molar-refractivity contribution in [3.8, 4) is 0 Å². The summed E-state index contributed by atoms with van der Waals surface area (Å²) in [6.45, 7) is 3.81. The van der Waals surface area contributed by atoms with Crippen molar-refractivity contribution in [2.24, 2.45) is 0 Å². The molecule has 0 aliphatic rings. The van der Waals surface area contributed by atoms with Crippen LogP contribution >= 0.6 is 31.9 Å². The molecule has 2 rings (SSSR count). The average Bonchev–Trinajstić information content (AvgIpc) is 2.39. The van der Waals surface area contributed by atoms with Gasteiger partial charge in [-0.3, -0.25) is 0 Å². The van der Waals surface area contributed by atoms with Gasteiger partial charge in [0.05, 0.1) is 8.95 Å². The van der Waals surface area contributed by atoms with Crippen LogP contribution in [0.2, 0.25) is 0 Å². The maximum absolute atomic E-state index is 13.4. The van der Waals surface area contributed by atoms with Crippen molar-refractivity contribution in [2.45, 2.75) is 19.9 Å². The van der Waals surface area contributed by atoms with Crippen molar-refractivity contribution < 1.29 is 8.78 Å². The van der Waals surface area contributed by atoms with Gasteiger partial charge in [-0.1, -0.05) is 6.07 Å². The summed E-state index contributed by atoms with van der Waals surface area (Å²) in [5.74, 6) is -0.577. The zero-order valence-electron chi connectivity index (χ0n) is 11.0. The number of rotatable bonds is 3. The van der Waals surface area contributed by atoms with Gasteiger partial charge >= 0.3 is 0 Å². The summed E-state index contributed by atoms with van der Waals surface area (Å²) in [6.07, 6.45) is 0. The molecule has 1 nitrogen and oxygen atoms in total. The van der Waals surface area contributed by atoms with Gasteiger partial charge < -0.3 is 5.32 Å². The minimum absolute atomic E-state index is 0.0250. The molecule has 0 aromatic heterocycles. The molecule has 0 aliphatic heterocycles. The summed E-state index contributed by atoms with van der Waals surface area (Å²) >= 11 is 6.35. The van der Waals surface area contributed by atoms with E-state index in [4.69, 9.17) is 0 Å². The third-order valence-corrected chi connectivity index (χ3v) is 4.30. The van der Waals surface area contributed by atoms with E-state index in [1.54, 1.807) is 18.2 Å². The van der Waals surface area contributed by atoms with Crippen molar-refractivity contribution in [1.29, 1.82) is 0 Å². The lowest BCUT2D eigenvalue weighted by molar-refractivity contribution is 0.618. The number of benzene rings is 2. The van der Waals surface area contributed by atoms with Gasteiger partial charge in [-0.15, -0.1) is 0 Å². The first-order valence-electron chi connectivity index (χ1n) is 6.05. The highest BCUT2D eigenvalue weighted by Crippen LogP contribution is 2.28. The second kappa shape index (κ2) is 6.22. The smallest absolute Gasteiger partial charge is 0.137 e. The Morgan fingerprint density at radius 3 is 2.30 bits per heavy atom. The number of nitrogens with one attached hydrogen (secondary N) is 1. The number of aryl methyl sites for hydroxylation is 1. The highest BCUT2D eigenvalue weighted by molar-refractivity contribution is 9.10. The molecule has 0 saturated carbocycles. The molecule has 0 bridgehead atoms. The largest absolute Gasteiger partial charge is 0.378 e. The van der Waals surface area contributed by atoms with Gasteiger partial charge in [0, 0.05) is 11.7 Å². The zero-order valence-corrected chi connectivity index (χ0v) is 14.1. The van der Waals surface area contributed by atoms with Crippen LogP contribution in [0.4, 0.5) is 14.5 Å². The van der Waals surface area contributed by atoms with Crippen molar-refractivity contribution in [1.82, 2.24) is 0 Å². The molecule has 0 saturated heterocycles. The third kappa shape index (κ3) is 3.38. The number of hydrogen-bond donors (Lipinski definition) is 1. The lowest BCUT2D eigenvalue weighted by Gasteiger charge is -2.18. The quantitative estimate of drug-likeness (QED) is 0.664. The first-order chi connectivity index (χ1) is 9.38. The second-order valence-electron chi connectivity index (χ2n) is 4.62. The van der Waals surface area contributed by atoms with Crippen LogP contribution in [0.3, 0.4) is 0 Å². The SMILES string of the molecule is Cc1cc(F)c(Br)cc1NC(C)c1ccc(F)c(Br)c1. The van der Waals surface area contributed by atoms with E-state index in [9.17, 15) is 8.78 Å². The fourth-order valence-electron chi connectivity index (χ4n) is 1.90. The van der Waals surface area contributed by atoms with Crippen LogP contribution in [0.1, 0.15) is 24.1 Å². The third-order valence-electron chi connectivity index (χ3n) is 3.08. The van der Waals surface area contributed by atoms with Gasteiger partial charge in [0.2, 0.25) is 0 Å². The first-order valence-corrected chi connectivity index (χ1v) is 7.64. The van der Waals surface area contributed by atoms with E-state index in [0.717, 1.165) is 16.8 Å². The number of anilines is 1. The lowest BCUT2D eigenvalue weighted by Crippen LogP contribution is -2.08. The van der Waals surface area contributed by atoms with E-state index >= 15 is 0 Å². The normalized spacial score (nSPS) is 12.3. The van der Waals surface area contributed by atoms with Crippen LogP contribution in [0.5, 0.6) is 0 Å². The first kappa shape index (κ1) is 15.4. The molecular formula is C15H13Br2F2N. The van der Waals surface area contributed by atoms with Gasteiger partial charge in [-0.2, -0.15) is 0 Å². The monoisotopic (exact) mass is 403 g/mol. The fourth-order valence-corrected chi connectivity index (χ4v) is 2.64. The van der Waals surface area contributed by atoms with E-state index in [-0.39, 0.29) is 17.7 Å². The standard InChI is InChI=1S/C15H13Br2F2N/c1-8-5-14(19)12(17)7-15(8)20-9(2)10-3-4-13(18)11(16)6-10/h3-7,9,20H,1-2H3. The van der Waals surface area contributed by atoms with Gasteiger partial charge in [-0.25, -0.2) is 8.78 Å². The van der Waals surface area contributed by atoms with Gasteiger partial charge in [0.25, 0.3) is 0 Å². The molecule has 1 unspecified atom stereocenters. The Hall–Kier alpha value is -0.940. The van der Waals surface area contributed by atoms with Crippen molar-refractivity contribution in [2.75, 3.05) is 5.32 Å². The van der Waals surface area contributed by atoms with Crippen LogP contribution in [0, 0.1) is 18.6 Å². The summed E-state index contributed by atoms with van der Waals surface area (Å²) in [6, 6.07) is 8.04. The number of halogens is 4. The van der Waals surface area contributed by atoms with Gasteiger partial charge in [0.1, 0.15) is 11.6 Å². The molecule has 2 aromatic rings. The van der Waals surface area contributed by atoms with Gasteiger partial charge in [0.15, 0.2) is 0 Å². The predicted octanol–water partition coefficient (Wildman–Crippen LogP) is 5.97. The number of hydrogen-bond acceptors (Lipinski definition) is 1. The van der Waals surface area contributed by atoms with Crippen molar-refractivity contribution in [3.05, 3.63) is 62.0 Å². The summed E-state index contributed by atoms with van der Waals surface area (Å²) in [5.41, 5.74) is 2.60. The molecule has 1 atom stereocenters. The Morgan fingerprint density at radius 2 is 1.65 bits per heavy atom. The van der Waals surface area contributed by atoms with Gasteiger partial charge in [-0.05, 0) is 81.1 Å². The molecule has 0 fully saturated rings. The summed E-state index contributed by atoms with van der Waals surface area (Å²) in [7, 11) is 0. The van der Waals surface area contributed by atoms with E-state index in [0.29, 0.717) is 8.95 Å². The predicted molar refractivity (Wildman–Crippen MR) is 85.0 cm³/mol. The average molecular weight is 405 g/mol. The maximum atomic E-state index is 13.4. The molecule has 0 heterocycles. The molecule has 20 heavy (non-hydrogen) atoms. The molecule has 0 aliphatic carbocycles. The topological polar surface area (TPSA) is 12.0 Å². The minimum atomic E-state index is -0.290. The Kier molecular flexibility index (Phi) is 4.81. The second-order valence-corrected chi connectivity index (χ2v) is 6.33. The van der Waals surface area contributed by atoms with E-state index in [1.165, 1.54) is 12.1 Å². The molecule has 1 N–H and O–H groups in total. The summed E-state index contributed by atoms with van der Waals surface area (Å²) in [4.78, 5) is 0. The van der Waals surface area contributed by atoms with Crippen LogP contribution in [0.15, 0.2) is 39.3 Å². The van der Waals surface area contributed by atoms with Crippen molar-refractivity contribution >= 4 is 37.5 Å². The Morgan fingerprint density at radius 1 is 1.00 bits per heavy atom. The molecular weight excluding hydrogens is 392 g/mol. The Labute approximate surface area is 133 Å². The van der Waals surface area contributed by atoms with Crippen LogP contribution in [-0.2, 0) is 0 Å². The van der Waals surface area contributed by atoms with Crippen LogP contribution in [0.25, 0.3) is 0 Å². The Balaban J connectivity index is 2.25. The molecule has 0 spiro atoms.